The maximum Gasteiger partial charge on any atom is 0.321 e. The molecule has 1 aromatic carbocycles. The Balaban J connectivity index is 2.80. The number of nitrogens with one attached hydrogen (secondary N) is 1. The molecule has 0 aliphatic carbocycles. The van der Waals surface area contributed by atoms with E-state index in [1.165, 1.54) is 4.90 Å². The Morgan fingerprint density at radius 1 is 1.32 bits per heavy atom. The summed E-state index contributed by atoms with van der Waals surface area (Å²) in [6.07, 6.45) is -0.150. The molecule has 0 fully saturated rings. The molecule has 0 heterocycles. The van der Waals surface area contributed by atoms with Gasteiger partial charge in [0.05, 0.1) is 13.0 Å². The van der Waals surface area contributed by atoms with Crippen molar-refractivity contribution in [1.82, 2.24) is 4.90 Å². The highest BCUT2D eigenvalue weighted by Gasteiger charge is 2.13. The van der Waals surface area contributed by atoms with E-state index in [1.54, 1.807) is 31.2 Å². The summed E-state index contributed by atoms with van der Waals surface area (Å²) in [5, 5.41) is 20.3. The summed E-state index contributed by atoms with van der Waals surface area (Å²) < 4.78 is 0. The van der Waals surface area contributed by atoms with E-state index < -0.39 is 5.97 Å². The van der Waals surface area contributed by atoms with Crippen molar-refractivity contribution >= 4 is 17.7 Å². The quantitative estimate of drug-likeness (QED) is 0.720. The molecule has 0 aromatic heterocycles. The van der Waals surface area contributed by atoms with Crippen molar-refractivity contribution in [3.05, 3.63) is 29.8 Å². The Morgan fingerprint density at radius 2 is 2.00 bits per heavy atom. The summed E-state index contributed by atoms with van der Waals surface area (Å²) in [6.45, 7) is 2.40. The van der Waals surface area contributed by atoms with Crippen molar-refractivity contribution < 1.29 is 19.8 Å². The van der Waals surface area contributed by atoms with E-state index in [-0.39, 0.29) is 25.6 Å². The van der Waals surface area contributed by atoms with Crippen molar-refractivity contribution in [3.63, 3.8) is 0 Å². The third-order valence-corrected chi connectivity index (χ3v) is 2.64. The van der Waals surface area contributed by atoms with Gasteiger partial charge in [0.15, 0.2) is 0 Å². The number of amides is 2. The zero-order chi connectivity index (χ0) is 14.3. The predicted molar refractivity (Wildman–Crippen MR) is 71.1 cm³/mol. The van der Waals surface area contributed by atoms with Gasteiger partial charge >= 0.3 is 12.0 Å². The molecular weight excluding hydrogens is 248 g/mol. The second-order valence-electron chi connectivity index (χ2n) is 3.96. The fraction of sp³-hybridized carbons (Fsp3) is 0.385. The van der Waals surface area contributed by atoms with Crippen LogP contribution in [0.1, 0.15) is 12.5 Å². The van der Waals surface area contributed by atoms with Gasteiger partial charge in [0.2, 0.25) is 0 Å². The summed E-state index contributed by atoms with van der Waals surface area (Å²) in [4.78, 5) is 24.1. The van der Waals surface area contributed by atoms with Gasteiger partial charge in [0, 0.05) is 18.8 Å². The number of carboxylic acids is 1. The van der Waals surface area contributed by atoms with E-state index in [4.69, 9.17) is 10.2 Å². The second-order valence-corrected chi connectivity index (χ2v) is 3.96. The van der Waals surface area contributed by atoms with Crippen LogP contribution >= 0.6 is 0 Å². The topological polar surface area (TPSA) is 89.9 Å². The predicted octanol–water partition coefficient (Wildman–Crippen LogP) is 1.16. The maximum atomic E-state index is 11.9. The number of carbonyl (C=O) groups is 2. The number of aliphatic hydroxyl groups is 1. The van der Waals surface area contributed by atoms with Gasteiger partial charge in [-0.1, -0.05) is 18.2 Å². The molecule has 0 saturated carbocycles. The molecule has 0 saturated heterocycles. The van der Waals surface area contributed by atoms with Gasteiger partial charge in [-0.3, -0.25) is 4.79 Å². The average molecular weight is 266 g/mol. The molecule has 104 valence electrons. The molecule has 2 amide bonds. The van der Waals surface area contributed by atoms with Crippen LogP contribution in [0.5, 0.6) is 0 Å². The highest BCUT2D eigenvalue weighted by Crippen LogP contribution is 2.16. The first-order valence-electron chi connectivity index (χ1n) is 6.05. The second kappa shape index (κ2) is 7.38. The highest BCUT2D eigenvalue weighted by molar-refractivity contribution is 5.91. The zero-order valence-corrected chi connectivity index (χ0v) is 10.8. The van der Waals surface area contributed by atoms with Crippen molar-refractivity contribution in [1.29, 1.82) is 0 Å². The fourth-order valence-electron chi connectivity index (χ4n) is 1.68. The summed E-state index contributed by atoms with van der Waals surface area (Å²) >= 11 is 0. The number of hydrogen-bond acceptors (Lipinski definition) is 3. The lowest BCUT2D eigenvalue weighted by Crippen LogP contribution is -2.37. The standard InChI is InChI=1S/C13H18N2O4/c1-2-15(7-8-16)13(19)14-11-6-4-3-5-10(11)9-12(17)18/h3-6,16H,2,7-9H2,1H3,(H,14,19)(H,17,18). The SMILES string of the molecule is CCN(CCO)C(=O)Nc1ccccc1CC(=O)O. The molecule has 0 spiro atoms. The number of rotatable bonds is 6. The van der Waals surface area contributed by atoms with Crippen LogP contribution in [0, 0.1) is 0 Å². The molecule has 0 radical (unpaired) electrons. The lowest BCUT2D eigenvalue weighted by molar-refractivity contribution is -0.136. The number of hydrogen-bond donors (Lipinski definition) is 3. The lowest BCUT2D eigenvalue weighted by atomic mass is 10.1. The Hall–Kier alpha value is -2.08. The molecule has 6 nitrogen and oxygen atoms in total. The molecule has 0 aliphatic rings. The van der Waals surface area contributed by atoms with E-state index in [1.807, 2.05) is 0 Å². The van der Waals surface area contributed by atoms with Gasteiger partial charge in [-0.05, 0) is 18.6 Å². The Labute approximate surface area is 111 Å². The summed E-state index contributed by atoms with van der Waals surface area (Å²) in [5.74, 6) is -0.954. The molecule has 3 N–H and O–H groups in total. The van der Waals surface area contributed by atoms with Crippen molar-refractivity contribution in [3.8, 4) is 0 Å². The lowest BCUT2D eigenvalue weighted by Gasteiger charge is -2.21. The van der Waals surface area contributed by atoms with Crippen LogP contribution < -0.4 is 5.32 Å². The van der Waals surface area contributed by atoms with E-state index in [2.05, 4.69) is 5.32 Å². The van der Waals surface area contributed by atoms with E-state index >= 15 is 0 Å². The Morgan fingerprint density at radius 3 is 2.58 bits per heavy atom. The first-order valence-corrected chi connectivity index (χ1v) is 6.05. The van der Waals surface area contributed by atoms with Gasteiger partial charge in [-0.2, -0.15) is 0 Å². The smallest absolute Gasteiger partial charge is 0.321 e. The van der Waals surface area contributed by atoms with Crippen LogP contribution in [-0.4, -0.2) is 46.8 Å². The highest BCUT2D eigenvalue weighted by atomic mass is 16.4. The minimum absolute atomic E-state index is 0.113. The van der Waals surface area contributed by atoms with Crippen LogP contribution in [0.3, 0.4) is 0 Å². The third kappa shape index (κ3) is 4.59. The first-order chi connectivity index (χ1) is 9.08. The largest absolute Gasteiger partial charge is 0.481 e. The number of aliphatic hydroxyl groups excluding tert-OH is 1. The number of para-hydroxylation sites is 1. The Bertz CT molecular complexity index is 448. The molecular formula is C13H18N2O4. The average Bonchev–Trinajstić information content (AvgIpc) is 2.37. The number of carbonyl (C=O) groups excluding carboxylic acids is 1. The van der Waals surface area contributed by atoms with Crippen LogP contribution in [0.4, 0.5) is 10.5 Å². The molecule has 0 unspecified atom stereocenters. The molecule has 6 heteroatoms. The van der Waals surface area contributed by atoms with E-state index in [0.29, 0.717) is 17.8 Å². The van der Waals surface area contributed by atoms with Gasteiger partial charge in [-0.25, -0.2) is 4.79 Å². The van der Waals surface area contributed by atoms with Gasteiger partial charge < -0.3 is 20.4 Å². The fourth-order valence-corrected chi connectivity index (χ4v) is 1.68. The number of urea groups is 1. The van der Waals surface area contributed by atoms with Crippen molar-refractivity contribution in [2.75, 3.05) is 25.0 Å². The number of nitrogens with zero attached hydrogens (tertiary/aromatic N) is 1. The molecule has 0 bridgehead atoms. The third-order valence-electron chi connectivity index (χ3n) is 2.64. The normalized spacial score (nSPS) is 10.0. The molecule has 0 aliphatic heterocycles. The van der Waals surface area contributed by atoms with Crippen molar-refractivity contribution in [2.45, 2.75) is 13.3 Å². The number of aliphatic carboxylic acids is 1. The van der Waals surface area contributed by atoms with Crippen LogP contribution in [-0.2, 0) is 11.2 Å². The van der Waals surface area contributed by atoms with Crippen molar-refractivity contribution in [2.24, 2.45) is 0 Å². The Kier molecular flexibility index (Phi) is 5.81. The first kappa shape index (κ1) is 15.0. The monoisotopic (exact) mass is 266 g/mol. The number of carboxylic acid groups (broad SMARTS) is 1. The summed E-state index contributed by atoms with van der Waals surface area (Å²) in [7, 11) is 0. The maximum absolute atomic E-state index is 11.9. The molecule has 0 atom stereocenters. The summed E-state index contributed by atoms with van der Waals surface area (Å²) in [6, 6.07) is 6.41. The van der Waals surface area contributed by atoms with E-state index in [9.17, 15) is 9.59 Å². The number of benzene rings is 1. The van der Waals surface area contributed by atoms with Gasteiger partial charge in [-0.15, -0.1) is 0 Å². The zero-order valence-electron chi connectivity index (χ0n) is 10.8. The van der Waals surface area contributed by atoms with E-state index in [0.717, 1.165) is 0 Å². The van der Waals surface area contributed by atoms with Gasteiger partial charge in [0.25, 0.3) is 0 Å². The minimum atomic E-state index is -0.954. The summed E-state index contributed by atoms with van der Waals surface area (Å²) in [5.41, 5.74) is 1.02. The number of likely N-dealkylation sites (N-methyl/N-ethyl adjacent to an activating group) is 1. The van der Waals surface area contributed by atoms with Gasteiger partial charge in [0.1, 0.15) is 0 Å². The molecule has 19 heavy (non-hydrogen) atoms. The van der Waals surface area contributed by atoms with Crippen LogP contribution in [0.15, 0.2) is 24.3 Å². The molecule has 1 aromatic rings. The number of anilines is 1. The molecule has 1 rings (SSSR count). The van der Waals surface area contributed by atoms with Crippen LogP contribution in [0.2, 0.25) is 0 Å². The minimum Gasteiger partial charge on any atom is -0.481 e. The van der Waals surface area contributed by atoms with Crippen LogP contribution in [0.25, 0.3) is 0 Å².